The van der Waals surface area contributed by atoms with Crippen LogP contribution in [0.5, 0.6) is 5.75 Å². The van der Waals surface area contributed by atoms with Crippen molar-refractivity contribution in [3.63, 3.8) is 0 Å². The van der Waals surface area contributed by atoms with E-state index < -0.39 is 0 Å². The summed E-state index contributed by atoms with van der Waals surface area (Å²) in [6.07, 6.45) is 4.89. The Hall–Kier alpha value is -1.02. The van der Waals surface area contributed by atoms with Crippen molar-refractivity contribution in [2.45, 2.75) is 70.5 Å². The molecular weight excluding hydrogens is 236 g/mol. The van der Waals surface area contributed by atoms with Crippen LogP contribution in [0.15, 0.2) is 24.3 Å². The maximum absolute atomic E-state index is 9.93. The van der Waals surface area contributed by atoms with E-state index >= 15 is 0 Å². The predicted octanol–water partition coefficient (Wildman–Crippen LogP) is 4.06. The van der Waals surface area contributed by atoms with E-state index in [0.717, 1.165) is 37.9 Å². The summed E-state index contributed by atoms with van der Waals surface area (Å²) in [5.74, 6) is 0.876. The topological polar surface area (TPSA) is 29.5 Å². The normalized spacial score (nSPS) is 24.2. The Kier molecular flexibility index (Phi) is 4.51. The highest BCUT2D eigenvalue weighted by Crippen LogP contribution is 2.29. The molecule has 0 amide bonds. The van der Waals surface area contributed by atoms with Crippen LogP contribution in [0.1, 0.15) is 58.4 Å². The van der Waals surface area contributed by atoms with Crippen molar-refractivity contribution in [2.24, 2.45) is 0 Å². The third-order valence-electron chi connectivity index (χ3n) is 4.47. The van der Waals surface area contributed by atoms with Gasteiger partial charge in [0.1, 0.15) is 11.9 Å². The molecular formula is C17H26O2. The molecule has 2 heteroatoms. The molecule has 0 aliphatic heterocycles. The van der Waals surface area contributed by atoms with Gasteiger partial charge < -0.3 is 9.84 Å². The first-order chi connectivity index (χ1) is 9.03. The van der Waals surface area contributed by atoms with Crippen molar-refractivity contribution in [1.29, 1.82) is 0 Å². The molecule has 1 aliphatic carbocycles. The average molecular weight is 262 g/mol. The highest BCUT2D eigenvalue weighted by atomic mass is 16.5. The van der Waals surface area contributed by atoms with Gasteiger partial charge in [-0.2, -0.15) is 0 Å². The molecule has 0 spiro atoms. The number of ether oxygens (including phenoxy) is 1. The molecule has 0 heterocycles. The monoisotopic (exact) mass is 262 g/mol. The van der Waals surface area contributed by atoms with Crippen LogP contribution in [0.3, 0.4) is 0 Å². The third-order valence-corrected chi connectivity index (χ3v) is 4.47. The number of aliphatic hydroxyl groups is 1. The standard InChI is InChI=1S/C17H26O2/c1-4-17(2,3)13-9-11-14(12-10-13)19-16-8-6-5-7-15(16)18/h9-12,15-16,18H,4-8H2,1-3H3/t15-,16-/m0/s1. The second-order valence-electron chi connectivity index (χ2n) is 6.27. The van der Waals surface area contributed by atoms with Crippen LogP contribution in [-0.2, 0) is 5.41 Å². The molecule has 1 fully saturated rings. The van der Waals surface area contributed by atoms with Gasteiger partial charge in [0.2, 0.25) is 0 Å². The summed E-state index contributed by atoms with van der Waals surface area (Å²) in [7, 11) is 0. The highest BCUT2D eigenvalue weighted by molar-refractivity contribution is 5.31. The summed E-state index contributed by atoms with van der Waals surface area (Å²) >= 11 is 0. The smallest absolute Gasteiger partial charge is 0.124 e. The molecule has 1 aromatic rings. The van der Waals surface area contributed by atoms with Gasteiger partial charge in [-0.3, -0.25) is 0 Å². The van der Waals surface area contributed by atoms with Crippen LogP contribution in [0.2, 0.25) is 0 Å². The fraction of sp³-hybridized carbons (Fsp3) is 0.647. The SMILES string of the molecule is CCC(C)(C)c1ccc(O[C@H]2CCCC[C@@H]2O)cc1. The zero-order chi connectivity index (χ0) is 13.9. The van der Waals surface area contributed by atoms with Gasteiger partial charge in [0.15, 0.2) is 0 Å². The van der Waals surface area contributed by atoms with E-state index in [4.69, 9.17) is 4.74 Å². The minimum absolute atomic E-state index is 0.0289. The highest BCUT2D eigenvalue weighted by Gasteiger charge is 2.25. The Bertz CT molecular complexity index is 394. The zero-order valence-corrected chi connectivity index (χ0v) is 12.4. The molecule has 2 nitrogen and oxygen atoms in total. The molecule has 1 aliphatic rings. The van der Waals surface area contributed by atoms with Crippen molar-refractivity contribution in [2.75, 3.05) is 0 Å². The predicted molar refractivity (Wildman–Crippen MR) is 78.6 cm³/mol. The minimum atomic E-state index is -0.305. The Morgan fingerprint density at radius 1 is 1.16 bits per heavy atom. The molecule has 0 saturated heterocycles. The van der Waals surface area contributed by atoms with Crippen LogP contribution in [0.25, 0.3) is 0 Å². The van der Waals surface area contributed by atoms with Gasteiger partial charge in [-0.05, 0) is 48.8 Å². The Labute approximate surface area is 116 Å². The molecule has 19 heavy (non-hydrogen) atoms. The van der Waals surface area contributed by atoms with E-state index in [9.17, 15) is 5.11 Å². The van der Waals surface area contributed by atoms with Crippen LogP contribution in [-0.4, -0.2) is 17.3 Å². The second kappa shape index (κ2) is 5.96. The first kappa shape index (κ1) is 14.4. The van der Waals surface area contributed by atoms with Gasteiger partial charge in [-0.1, -0.05) is 39.3 Å². The second-order valence-corrected chi connectivity index (χ2v) is 6.27. The molecule has 106 valence electrons. The van der Waals surface area contributed by atoms with Gasteiger partial charge in [0.25, 0.3) is 0 Å². The first-order valence-corrected chi connectivity index (χ1v) is 7.48. The molecule has 1 aromatic carbocycles. The average Bonchev–Trinajstić information content (AvgIpc) is 2.42. The first-order valence-electron chi connectivity index (χ1n) is 7.48. The lowest BCUT2D eigenvalue weighted by molar-refractivity contribution is 0.00686. The van der Waals surface area contributed by atoms with E-state index in [1.54, 1.807) is 0 Å². The Balaban J connectivity index is 2.02. The number of rotatable bonds is 4. The van der Waals surface area contributed by atoms with Crippen molar-refractivity contribution in [3.8, 4) is 5.75 Å². The van der Waals surface area contributed by atoms with Crippen molar-refractivity contribution in [1.82, 2.24) is 0 Å². The van der Waals surface area contributed by atoms with Gasteiger partial charge in [-0.15, -0.1) is 0 Å². The lowest BCUT2D eigenvalue weighted by atomic mass is 9.82. The molecule has 0 unspecified atom stereocenters. The van der Waals surface area contributed by atoms with Crippen LogP contribution >= 0.6 is 0 Å². The molecule has 1 saturated carbocycles. The van der Waals surface area contributed by atoms with Crippen LogP contribution < -0.4 is 4.74 Å². The number of benzene rings is 1. The lowest BCUT2D eigenvalue weighted by Gasteiger charge is -2.28. The summed E-state index contributed by atoms with van der Waals surface area (Å²) in [4.78, 5) is 0. The van der Waals surface area contributed by atoms with Crippen molar-refractivity contribution in [3.05, 3.63) is 29.8 Å². The minimum Gasteiger partial charge on any atom is -0.488 e. The Morgan fingerprint density at radius 3 is 2.37 bits per heavy atom. The quantitative estimate of drug-likeness (QED) is 0.886. The van der Waals surface area contributed by atoms with E-state index in [2.05, 4.69) is 32.9 Å². The van der Waals surface area contributed by atoms with E-state index in [-0.39, 0.29) is 17.6 Å². The van der Waals surface area contributed by atoms with E-state index in [0.29, 0.717) is 0 Å². The fourth-order valence-electron chi connectivity index (χ4n) is 2.58. The maximum atomic E-state index is 9.93. The summed E-state index contributed by atoms with van der Waals surface area (Å²) in [6.45, 7) is 6.73. The van der Waals surface area contributed by atoms with Crippen LogP contribution in [0, 0.1) is 0 Å². The van der Waals surface area contributed by atoms with Gasteiger partial charge in [0, 0.05) is 0 Å². The summed E-state index contributed by atoms with van der Waals surface area (Å²) < 4.78 is 5.92. The van der Waals surface area contributed by atoms with Gasteiger partial charge in [-0.25, -0.2) is 0 Å². The molecule has 2 atom stereocenters. The summed E-state index contributed by atoms with van der Waals surface area (Å²) in [5, 5.41) is 9.93. The van der Waals surface area contributed by atoms with E-state index in [1.807, 2.05) is 12.1 Å². The molecule has 0 aromatic heterocycles. The zero-order valence-electron chi connectivity index (χ0n) is 12.4. The fourth-order valence-corrected chi connectivity index (χ4v) is 2.58. The largest absolute Gasteiger partial charge is 0.488 e. The van der Waals surface area contributed by atoms with Gasteiger partial charge in [0.05, 0.1) is 6.10 Å². The number of hydrogen-bond donors (Lipinski definition) is 1. The number of hydrogen-bond acceptors (Lipinski definition) is 2. The van der Waals surface area contributed by atoms with Gasteiger partial charge >= 0.3 is 0 Å². The van der Waals surface area contributed by atoms with Crippen LogP contribution in [0.4, 0.5) is 0 Å². The molecule has 0 bridgehead atoms. The molecule has 2 rings (SSSR count). The molecule has 0 radical (unpaired) electrons. The third kappa shape index (κ3) is 3.50. The number of aliphatic hydroxyl groups excluding tert-OH is 1. The maximum Gasteiger partial charge on any atom is 0.124 e. The summed E-state index contributed by atoms with van der Waals surface area (Å²) in [6, 6.07) is 8.37. The van der Waals surface area contributed by atoms with Crippen molar-refractivity contribution < 1.29 is 9.84 Å². The lowest BCUT2D eigenvalue weighted by Crippen LogP contribution is -2.34. The molecule has 1 N–H and O–H groups in total. The Morgan fingerprint density at radius 2 is 1.79 bits per heavy atom. The summed E-state index contributed by atoms with van der Waals surface area (Å²) in [5.41, 5.74) is 1.55. The van der Waals surface area contributed by atoms with E-state index in [1.165, 1.54) is 5.56 Å². The van der Waals surface area contributed by atoms with Crippen molar-refractivity contribution >= 4 is 0 Å².